The Morgan fingerprint density at radius 2 is 2.07 bits per heavy atom. The maximum absolute atomic E-state index is 12.9. The van der Waals surface area contributed by atoms with Crippen LogP contribution in [0.25, 0.3) is 0 Å². The summed E-state index contributed by atoms with van der Waals surface area (Å²) in [4.78, 5) is 15.3. The summed E-state index contributed by atoms with van der Waals surface area (Å²) < 4.78 is 13.1. The molecule has 0 radical (unpaired) electrons. The van der Waals surface area contributed by atoms with E-state index in [0.717, 1.165) is 12.0 Å². The number of amidine groups is 1. The van der Waals surface area contributed by atoms with Crippen LogP contribution >= 0.6 is 15.9 Å². The highest BCUT2D eigenvalue weighted by molar-refractivity contribution is 9.11. The second-order valence-electron chi connectivity index (χ2n) is 5.68. The zero-order valence-electron chi connectivity index (χ0n) is 16.1. The molecular weight excluding hydrogens is 423 g/mol. The Bertz CT molecular complexity index is 844. The van der Waals surface area contributed by atoms with Gasteiger partial charge in [-0.05, 0) is 40.1 Å². The average molecular weight is 447 g/mol. The number of allylic oxidation sites excluding steroid dienone is 8. The van der Waals surface area contributed by atoms with E-state index in [1.807, 2.05) is 25.2 Å². The predicted molar refractivity (Wildman–Crippen MR) is 119 cm³/mol. The van der Waals surface area contributed by atoms with E-state index in [0.29, 0.717) is 29.4 Å². The van der Waals surface area contributed by atoms with E-state index < -0.39 is 5.83 Å². The molecule has 1 aliphatic rings. The van der Waals surface area contributed by atoms with Crippen molar-refractivity contribution in [2.45, 2.75) is 20.3 Å². The van der Waals surface area contributed by atoms with Gasteiger partial charge in [0.1, 0.15) is 5.83 Å². The monoisotopic (exact) mass is 446 g/mol. The van der Waals surface area contributed by atoms with Crippen LogP contribution in [0, 0.1) is 0 Å². The van der Waals surface area contributed by atoms with Crippen molar-refractivity contribution < 1.29 is 9.18 Å². The third-order valence-corrected chi connectivity index (χ3v) is 4.23. The van der Waals surface area contributed by atoms with Gasteiger partial charge >= 0.3 is 0 Å². The van der Waals surface area contributed by atoms with Crippen molar-refractivity contribution in [2.24, 2.45) is 10.1 Å². The van der Waals surface area contributed by atoms with Gasteiger partial charge in [0.15, 0.2) is 5.84 Å². The summed E-state index contributed by atoms with van der Waals surface area (Å²) >= 11 is 3.06. The molecule has 7 heteroatoms. The first kappa shape index (κ1) is 23.2. The molecule has 0 aromatic carbocycles. The fourth-order valence-corrected chi connectivity index (χ4v) is 2.15. The predicted octanol–water partition coefficient (Wildman–Crippen LogP) is 4.76. The van der Waals surface area contributed by atoms with Crippen LogP contribution in [0.15, 0.2) is 93.4 Å². The molecule has 0 saturated carbocycles. The smallest absolute Gasteiger partial charge is 0.217 e. The first-order chi connectivity index (χ1) is 13.3. The lowest BCUT2D eigenvalue weighted by Crippen LogP contribution is -2.19. The highest BCUT2D eigenvalue weighted by atomic mass is 79.9. The number of aliphatic imine (C=N–C) groups is 1. The van der Waals surface area contributed by atoms with E-state index in [1.54, 1.807) is 12.2 Å². The van der Waals surface area contributed by atoms with Crippen molar-refractivity contribution >= 4 is 33.4 Å². The molecule has 1 rings (SSSR count). The highest BCUT2D eigenvalue weighted by Gasteiger charge is 2.16. The average Bonchev–Trinajstić information content (AvgIpc) is 2.97. The standard InChI is InChI=1S/C21H24BrFN4O/c1-6-18(10-7-8-13-24-17(5)28)16(4)25-21-14(2)20(26-27-21)12-9-11-19(22)15(3)23/h7-12H,2-4,6,13H2,1,5H3,(H,24,28)(H,25,27)/b8-7-,12-9+,18-10+,19-11+. The molecule has 1 heterocycles. The third kappa shape index (κ3) is 7.84. The number of nitrogens with one attached hydrogen (secondary N) is 2. The van der Waals surface area contributed by atoms with Crippen LogP contribution in [-0.2, 0) is 4.79 Å². The molecule has 0 aromatic rings. The van der Waals surface area contributed by atoms with Crippen LogP contribution in [0.1, 0.15) is 20.3 Å². The number of hydrogen-bond acceptors (Lipinski definition) is 3. The minimum atomic E-state index is -0.557. The van der Waals surface area contributed by atoms with E-state index >= 15 is 0 Å². The van der Waals surface area contributed by atoms with Crippen molar-refractivity contribution in [2.75, 3.05) is 6.54 Å². The first-order valence-corrected chi connectivity index (χ1v) is 9.35. The Hall–Kier alpha value is -2.80. The largest absolute Gasteiger partial charge is 0.353 e. The molecule has 0 aliphatic carbocycles. The summed E-state index contributed by atoms with van der Waals surface area (Å²) in [7, 11) is 0. The van der Waals surface area contributed by atoms with E-state index in [1.165, 1.54) is 13.0 Å². The Morgan fingerprint density at radius 1 is 1.36 bits per heavy atom. The van der Waals surface area contributed by atoms with Crippen LogP contribution < -0.4 is 10.7 Å². The van der Waals surface area contributed by atoms with Gasteiger partial charge in [-0.2, -0.15) is 5.10 Å². The number of hydrogen-bond donors (Lipinski definition) is 2. The number of carbonyl (C=O) groups excluding carboxylic acids is 1. The molecule has 0 spiro atoms. The van der Waals surface area contributed by atoms with E-state index in [4.69, 9.17) is 0 Å². The second-order valence-corrected chi connectivity index (χ2v) is 6.54. The van der Waals surface area contributed by atoms with Crippen LogP contribution in [0.2, 0.25) is 0 Å². The summed E-state index contributed by atoms with van der Waals surface area (Å²) in [5.74, 6) is -0.129. The molecule has 1 amide bonds. The second kappa shape index (κ2) is 11.8. The van der Waals surface area contributed by atoms with Crippen molar-refractivity contribution in [3.05, 3.63) is 83.3 Å². The summed E-state index contributed by atoms with van der Waals surface area (Å²) in [6.45, 7) is 15.1. The zero-order chi connectivity index (χ0) is 21.1. The number of rotatable bonds is 9. The summed E-state index contributed by atoms with van der Waals surface area (Å²) in [6, 6.07) is 0. The lowest BCUT2D eigenvalue weighted by molar-refractivity contribution is -0.118. The maximum atomic E-state index is 12.9. The zero-order valence-corrected chi connectivity index (χ0v) is 17.6. The van der Waals surface area contributed by atoms with Crippen LogP contribution in [0.5, 0.6) is 0 Å². The maximum Gasteiger partial charge on any atom is 0.217 e. The van der Waals surface area contributed by atoms with Crippen molar-refractivity contribution in [1.29, 1.82) is 0 Å². The summed E-state index contributed by atoms with van der Waals surface area (Å²) in [5.41, 5.74) is 5.56. The molecule has 1 aliphatic heterocycles. The lowest BCUT2D eigenvalue weighted by Gasteiger charge is -2.05. The van der Waals surface area contributed by atoms with Gasteiger partial charge < -0.3 is 5.32 Å². The lowest BCUT2D eigenvalue weighted by atomic mass is 10.1. The van der Waals surface area contributed by atoms with Gasteiger partial charge in [-0.15, -0.1) is 0 Å². The van der Waals surface area contributed by atoms with Gasteiger partial charge in [0.25, 0.3) is 0 Å². The topological polar surface area (TPSA) is 65.8 Å². The molecule has 0 fully saturated rings. The first-order valence-electron chi connectivity index (χ1n) is 8.56. The molecule has 2 N–H and O–H groups in total. The van der Waals surface area contributed by atoms with Crippen molar-refractivity contribution in [3.63, 3.8) is 0 Å². The number of carbonyl (C=O) groups is 1. The van der Waals surface area contributed by atoms with Crippen LogP contribution in [0.4, 0.5) is 4.39 Å². The molecule has 28 heavy (non-hydrogen) atoms. The fourth-order valence-electron chi connectivity index (χ4n) is 1.99. The molecule has 0 aromatic heterocycles. The van der Waals surface area contributed by atoms with Crippen molar-refractivity contribution in [3.8, 4) is 0 Å². The van der Waals surface area contributed by atoms with Gasteiger partial charge in [0.2, 0.25) is 5.91 Å². The number of hydrazone groups is 1. The summed E-state index contributed by atoms with van der Waals surface area (Å²) in [5, 5.41) is 6.84. The number of halogens is 2. The van der Waals surface area contributed by atoms with Gasteiger partial charge in [0.05, 0.1) is 15.9 Å². The number of nitrogens with zero attached hydrogens (tertiary/aromatic N) is 2. The Balaban J connectivity index is 2.77. The third-order valence-electron chi connectivity index (χ3n) is 3.53. The number of amides is 1. The molecule has 0 bridgehead atoms. The molecule has 5 nitrogen and oxygen atoms in total. The van der Waals surface area contributed by atoms with Gasteiger partial charge in [-0.1, -0.05) is 51.0 Å². The Labute approximate surface area is 173 Å². The van der Waals surface area contributed by atoms with E-state index in [-0.39, 0.29) is 10.4 Å². The minimum absolute atomic E-state index is 0.0756. The van der Waals surface area contributed by atoms with E-state index in [9.17, 15) is 9.18 Å². The Kier molecular flexibility index (Phi) is 9.81. The quantitative estimate of drug-likeness (QED) is 0.501. The minimum Gasteiger partial charge on any atom is -0.353 e. The van der Waals surface area contributed by atoms with Gasteiger partial charge in [0, 0.05) is 19.0 Å². The van der Waals surface area contributed by atoms with Crippen LogP contribution in [0.3, 0.4) is 0 Å². The normalized spacial score (nSPS) is 16.6. The highest BCUT2D eigenvalue weighted by Crippen LogP contribution is 2.18. The molecular formula is C21H24BrFN4O. The Morgan fingerprint density at radius 3 is 2.68 bits per heavy atom. The fraction of sp³-hybridized carbons (Fsp3) is 0.190. The van der Waals surface area contributed by atoms with Crippen molar-refractivity contribution in [1.82, 2.24) is 10.7 Å². The SMILES string of the molecule is C=C1C(/C=C/C=C(/Br)C(=C)F)=NNC1=NC(=C)/C(=C/C=C\CNC(C)=O)CC. The molecule has 148 valence electrons. The summed E-state index contributed by atoms with van der Waals surface area (Å²) in [6.07, 6.45) is 11.2. The van der Waals surface area contributed by atoms with Crippen LogP contribution in [-0.4, -0.2) is 24.0 Å². The van der Waals surface area contributed by atoms with Gasteiger partial charge in [-0.25, -0.2) is 9.38 Å². The molecule has 0 unspecified atom stereocenters. The van der Waals surface area contributed by atoms with E-state index in [2.05, 4.69) is 56.5 Å². The molecule has 0 atom stereocenters. The van der Waals surface area contributed by atoms with Gasteiger partial charge in [-0.3, -0.25) is 10.2 Å². The molecule has 0 saturated heterocycles.